The van der Waals surface area contributed by atoms with Crippen LogP contribution in [0.2, 0.25) is 0 Å². The molecule has 142 valence electrons. The second-order valence-corrected chi connectivity index (χ2v) is 5.62. The standard InChI is InChI=1S/C17H19N5O5/c1-5-11(17(24)27-4)21-9-18-15-14(16(21)23)19-20-22(15)10-6-7-12(25-2)13(8-10)26-3/h6-9,11H,5H2,1-4H3. The summed E-state index contributed by atoms with van der Waals surface area (Å²) in [4.78, 5) is 29.0. The summed E-state index contributed by atoms with van der Waals surface area (Å²) in [5, 5.41) is 7.97. The first kappa shape index (κ1) is 18.4. The predicted molar refractivity (Wildman–Crippen MR) is 95.4 cm³/mol. The summed E-state index contributed by atoms with van der Waals surface area (Å²) in [6, 6.07) is 4.38. The fourth-order valence-corrected chi connectivity index (χ4v) is 2.79. The molecule has 0 radical (unpaired) electrons. The van der Waals surface area contributed by atoms with E-state index in [0.717, 1.165) is 0 Å². The molecule has 0 saturated carbocycles. The van der Waals surface area contributed by atoms with Crippen molar-refractivity contribution in [1.29, 1.82) is 0 Å². The summed E-state index contributed by atoms with van der Waals surface area (Å²) in [5.41, 5.74) is 0.446. The third-order valence-corrected chi connectivity index (χ3v) is 4.20. The van der Waals surface area contributed by atoms with Crippen LogP contribution in [0.1, 0.15) is 19.4 Å². The maximum atomic E-state index is 12.8. The number of methoxy groups -OCH3 is 3. The third kappa shape index (κ3) is 3.09. The number of benzene rings is 1. The number of fused-ring (bicyclic) bond motifs is 1. The van der Waals surface area contributed by atoms with E-state index >= 15 is 0 Å². The van der Waals surface area contributed by atoms with Crippen molar-refractivity contribution in [3.8, 4) is 17.2 Å². The van der Waals surface area contributed by atoms with Crippen LogP contribution in [0.15, 0.2) is 29.3 Å². The monoisotopic (exact) mass is 373 g/mol. The van der Waals surface area contributed by atoms with Gasteiger partial charge in [-0.05, 0) is 18.6 Å². The van der Waals surface area contributed by atoms with Crippen LogP contribution in [0.4, 0.5) is 0 Å². The van der Waals surface area contributed by atoms with Gasteiger partial charge in [-0.25, -0.2) is 9.78 Å². The van der Waals surface area contributed by atoms with Gasteiger partial charge in [0.1, 0.15) is 12.4 Å². The molecule has 0 N–H and O–H groups in total. The van der Waals surface area contributed by atoms with Crippen LogP contribution in [-0.2, 0) is 9.53 Å². The van der Waals surface area contributed by atoms with E-state index in [1.807, 2.05) is 0 Å². The Morgan fingerprint density at radius 3 is 2.56 bits per heavy atom. The number of hydrogen-bond acceptors (Lipinski definition) is 8. The van der Waals surface area contributed by atoms with Gasteiger partial charge in [-0.3, -0.25) is 9.36 Å². The minimum absolute atomic E-state index is 0.0506. The van der Waals surface area contributed by atoms with Crippen molar-refractivity contribution in [3.05, 3.63) is 34.9 Å². The van der Waals surface area contributed by atoms with E-state index in [1.165, 1.54) is 36.9 Å². The SMILES string of the molecule is CCC(C(=O)OC)n1cnc2c(nnn2-c2ccc(OC)c(OC)c2)c1=O. The molecular formula is C17H19N5O5. The molecule has 27 heavy (non-hydrogen) atoms. The van der Waals surface area contributed by atoms with Gasteiger partial charge in [0.05, 0.1) is 27.0 Å². The largest absolute Gasteiger partial charge is 0.493 e. The molecule has 0 aliphatic carbocycles. The van der Waals surface area contributed by atoms with Gasteiger partial charge in [-0.2, -0.15) is 4.68 Å². The Balaban J connectivity index is 2.13. The van der Waals surface area contributed by atoms with Crippen LogP contribution in [0.25, 0.3) is 16.9 Å². The van der Waals surface area contributed by atoms with Gasteiger partial charge in [-0.1, -0.05) is 12.1 Å². The summed E-state index contributed by atoms with van der Waals surface area (Å²) in [7, 11) is 4.34. The van der Waals surface area contributed by atoms with Crippen molar-refractivity contribution < 1.29 is 19.0 Å². The Bertz CT molecular complexity index is 1040. The number of carbonyl (C=O) groups is 1. The highest BCUT2D eigenvalue weighted by molar-refractivity contribution is 5.75. The van der Waals surface area contributed by atoms with E-state index in [0.29, 0.717) is 23.6 Å². The zero-order valence-electron chi connectivity index (χ0n) is 15.4. The number of ether oxygens (including phenoxy) is 3. The smallest absolute Gasteiger partial charge is 0.329 e. The van der Waals surface area contributed by atoms with E-state index in [9.17, 15) is 9.59 Å². The Morgan fingerprint density at radius 2 is 1.93 bits per heavy atom. The highest BCUT2D eigenvalue weighted by atomic mass is 16.5. The van der Waals surface area contributed by atoms with E-state index < -0.39 is 17.6 Å². The Morgan fingerprint density at radius 1 is 1.19 bits per heavy atom. The predicted octanol–water partition coefficient (Wildman–Crippen LogP) is 1.12. The highest BCUT2D eigenvalue weighted by Gasteiger charge is 2.23. The van der Waals surface area contributed by atoms with E-state index in [-0.39, 0.29) is 11.2 Å². The van der Waals surface area contributed by atoms with Gasteiger partial charge in [0, 0.05) is 6.07 Å². The highest BCUT2D eigenvalue weighted by Crippen LogP contribution is 2.29. The topological polar surface area (TPSA) is 110 Å². The molecule has 0 saturated heterocycles. The summed E-state index contributed by atoms with van der Waals surface area (Å²) in [6.07, 6.45) is 1.68. The second-order valence-electron chi connectivity index (χ2n) is 5.62. The molecule has 10 nitrogen and oxygen atoms in total. The number of nitrogens with zero attached hydrogens (tertiary/aromatic N) is 5. The van der Waals surface area contributed by atoms with Gasteiger partial charge in [0.2, 0.25) is 0 Å². The number of esters is 1. The number of rotatable bonds is 6. The van der Waals surface area contributed by atoms with Crippen LogP contribution in [0.5, 0.6) is 11.5 Å². The maximum absolute atomic E-state index is 12.8. The van der Waals surface area contributed by atoms with Crippen LogP contribution in [0, 0.1) is 0 Å². The lowest BCUT2D eigenvalue weighted by Gasteiger charge is -2.14. The van der Waals surface area contributed by atoms with Crippen molar-refractivity contribution in [2.75, 3.05) is 21.3 Å². The van der Waals surface area contributed by atoms with Crippen molar-refractivity contribution >= 4 is 17.1 Å². The first-order valence-electron chi connectivity index (χ1n) is 8.18. The molecule has 1 atom stereocenters. The van der Waals surface area contributed by atoms with Gasteiger partial charge in [0.15, 0.2) is 22.7 Å². The normalized spacial score (nSPS) is 12.0. The lowest BCUT2D eigenvalue weighted by atomic mass is 10.2. The molecule has 2 aromatic heterocycles. The third-order valence-electron chi connectivity index (χ3n) is 4.20. The summed E-state index contributed by atoms with van der Waals surface area (Å²) in [5.74, 6) is 0.543. The van der Waals surface area contributed by atoms with Gasteiger partial charge in [-0.15, -0.1) is 5.10 Å². The summed E-state index contributed by atoms with van der Waals surface area (Å²) in [6.45, 7) is 1.78. The summed E-state index contributed by atoms with van der Waals surface area (Å²) >= 11 is 0. The van der Waals surface area contributed by atoms with Gasteiger partial charge >= 0.3 is 5.97 Å². The molecule has 0 aliphatic heterocycles. The fraction of sp³-hybridized carbons (Fsp3) is 0.353. The maximum Gasteiger partial charge on any atom is 0.329 e. The number of hydrogen-bond donors (Lipinski definition) is 0. The van der Waals surface area contributed by atoms with Crippen LogP contribution >= 0.6 is 0 Å². The molecule has 1 unspecified atom stereocenters. The zero-order chi connectivity index (χ0) is 19.6. The zero-order valence-corrected chi connectivity index (χ0v) is 15.4. The van der Waals surface area contributed by atoms with Crippen LogP contribution in [-0.4, -0.2) is 51.8 Å². The molecule has 0 fully saturated rings. The van der Waals surface area contributed by atoms with Crippen molar-refractivity contribution in [1.82, 2.24) is 24.5 Å². The number of aromatic nitrogens is 5. The lowest BCUT2D eigenvalue weighted by Crippen LogP contribution is -2.30. The molecule has 0 aliphatic rings. The molecule has 0 bridgehead atoms. The van der Waals surface area contributed by atoms with Gasteiger partial charge < -0.3 is 14.2 Å². The van der Waals surface area contributed by atoms with Crippen molar-refractivity contribution in [3.63, 3.8) is 0 Å². The molecule has 10 heteroatoms. The second kappa shape index (κ2) is 7.44. The minimum atomic E-state index is -0.773. The molecule has 0 amide bonds. The minimum Gasteiger partial charge on any atom is -0.493 e. The van der Waals surface area contributed by atoms with E-state index in [1.54, 1.807) is 25.1 Å². The summed E-state index contributed by atoms with van der Waals surface area (Å²) < 4.78 is 17.9. The number of carbonyl (C=O) groups excluding carboxylic acids is 1. The Kier molecular flexibility index (Phi) is 5.06. The Labute approximate surface area is 154 Å². The molecule has 2 heterocycles. The lowest BCUT2D eigenvalue weighted by molar-refractivity contribution is -0.144. The van der Waals surface area contributed by atoms with Gasteiger partial charge in [0.25, 0.3) is 5.56 Å². The first-order valence-corrected chi connectivity index (χ1v) is 8.18. The molecule has 0 spiro atoms. The molecular weight excluding hydrogens is 354 g/mol. The quantitative estimate of drug-likeness (QED) is 0.591. The van der Waals surface area contributed by atoms with Crippen LogP contribution in [0.3, 0.4) is 0 Å². The first-order chi connectivity index (χ1) is 13.0. The molecule has 3 rings (SSSR count). The average Bonchev–Trinajstić information content (AvgIpc) is 3.14. The molecule has 3 aromatic rings. The fourth-order valence-electron chi connectivity index (χ4n) is 2.79. The average molecular weight is 373 g/mol. The molecule has 1 aromatic carbocycles. The van der Waals surface area contributed by atoms with Crippen molar-refractivity contribution in [2.24, 2.45) is 0 Å². The van der Waals surface area contributed by atoms with E-state index in [4.69, 9.17) is 14.2 Å². The van der Waals surface area contributed by atoms with Crippen LogP contribution < -0.4 is 15.0 Å². The van der Waals surface area contributed by atoms with Crippen molar-refractivity contribution in [2.45, 2.75) is 19.4 Å². The van der Waals surface area contributed by atoms with E-state index in [2.05, 4.69) is 15.3 Å². The Hall–Kier alpha value is -3.43.